The average Bonchev–Trinajstić information content (AvgIpc) is 3.15. The predicted octanol–water partition coefficient (Wildman–Crippen LogP) is 5.04. The van der Waals surface area contributed by atoms with Crippen LogP contribution in [0.15, 0.2) is 24.3 Å². The zero-order chi connectivity index (χ0) is 15.1. The highest BCUT2D eigenvalue weighted by atomic mass is 14.8. The first-order valence-electron chi connectivity index (χ1n) is 8.73. The fraction of sp³-hybridized carbons (Fsp3) is 0.700. The van der Waals surface area contributed by atoms with Crippen molar-refractivity contribution >= 4 is 0 Å². The Balaban J connectivity index is 1.64. The molecular weight excluding hydrogens is 254 g/mol. The van der Waals surface area contributed by atoms with Gasteiger partial charge in [-0.2, -0.15) is 0 Å². The second kappa shape index (κ2) is 5.43. The first-order valence-corrected chi connectivity index (χ1v) is 8.73. The number of rotatable bonds is 3. The van der Waals surface area contributed by atoms with Crippen LogP contribution in [0.4, 0.5) is 0 Å². The summed E-state index contributed by atoms with van der Waals surface area (Å²) in [6, 6.07) is 9.28. The van der Waals surface area contributed by atoms with E-state index in [1.54, 1.807) is 5.56 Å². The summed E-state index contributed by atoms with van der Waals surface area (Å²) < 4.78 is 0. The van der Waals surface area contributed by atoms with Gasteiger partial charge in [0.2, 0.25) is 0 Å². The van der Waals surface area contributed by atoms with Gasteiger partial charge in [0, 0.05) is 5.54 Å². The zero-order valence-electron chi connectivity index (χ0n) is 14.0. The highest BCUT2D eigenvalue weighted by molar-refractivity contribution is 5.29. The lowest BCUT2D eigenvalue weighted by Crippen LogP contribution is -2.25. The Kier molecular flexibility index (Phi) is 3.90. The van der Waals surface area contributed by atoms with Crippen molar-refractivity contribution in [3.63, 3.8) is 0 Å². The minimum Gasteiger partial charge on any atom is -0.325 e. The van der Waals surface area contributed by atoms with E-state index >= 15 is 0 Å². The van der Waals surface area contributed by atoms with E-state index in [9.17, 15) is 0 Å². The molecule has 2 N–H and O–H groups in total. The summed E-state index contributed by atoms with van der Waals surface area (Å²) in [6.07, 6.45) is 8.97. The lowest BCUT2D eigenvalue weighted by atomic mass is 9.68. The van der Waals surface area contributed by atoms with Crippen LogP contribution < -0.4 is 5.73 Å². The number of nitrogens with two attached hydrogens (primary N) is 1. The summed E-state index contributed by atoms with van der Waals surface area (Å²) in [7, 11) is 0. The van der Waals surface area contributed by atoms with Crippen LogP contribution in [0.3, 0.4) is 0 Å². The quantitative estimate of drug-likeness (QED) is 0.827. The second-order valence-electron chi connectivity index (χ2n) is 8.70. The molecule has 0 heterocycles. The van der Waals surface area contributed by atoms with Crippen LogP contribution >= 0.6 is 0 Å². The van der Waals surface area contributed by atoms with Crippen LogP contribution in [0.25, 0.3) is 0 Å². The van der Waals surface area contributed by atoms with Gasteiger partial charge >= 0.3 is 0 Å². The normalized spacial score (nSPS) is 28.4. The van der Waals surface area contributed by atoms with Gasteiger partial charge in [0.05, 0.1) is 0 Å². The van der Waals surface area contributed by atoms with Gasteiger partial charge in [-0.15, -0.1) is 0 Å². The summed E-state index contributed by atoms with van der Waals surface area (Å²) in [5.41, 5.74) is 9.89. The number of benzene rings is 1. The molecule has 2 saturated carbocycles. The van der Waals surface area contributed by atoms with Crippen LogP contribution in [0.5, 0.6) is 0 Å². The van der Waals surface area contributed by atoms with Crippen molar-refractivity contribution in [2.45, 2.75) is 77.2 Å². The van der Waals surface area contributed by atoms with E-state index in [0.717, 1.165) is 18.3 Å². The molecule has 1 heteroatoms. The van der Waals surface area contributed by atoms with Crippen LogP contribution in [-0.4, -0.2) is 5.54 Å². The van der Waals surface area contributed by atoms with E-state index in [4.69, 9.17) is 5.73 Å². The van der Waals surface area contributed by atoms with E-state index in [0.29, 0.717) is 5.41 Å². The number of hydrogen-bond donors (Lipinski definition) is 1. The molecule has 0 unspecified atom stereocenters. The largest absolute Gasteiger partial charge is 0.325 e. The Bertz CT molecular complexity index is 485. The molecule has 0 bridgehead atoms. The van der Waals surface area contributed by atoms with Crippen molar-refractivity contribution in [3.8, 4) is 0 Å². The third-order valence-corrected chi connectivity index (χ3v) is 5.82. The lowest BCUT2D eigenvalue weighted by molar-refractivity contribution is 0.169. The first kappa shape index (κ1) is 15.1. The Morgan fingerprint density at radius 3 is 2.33 bits per heavy atom. The van der Waals surface area contributed by atoms with Crippen molar-refractivity contribution < 1.29 is 0 Å². The fourth-order valence-electron chi connectivity index (χ4n) is 3.99. The SMILES string of the molecule is CC(C)(C)C1CCC(c2cccc(CC3(N)CC3)c2)CC1. The van der Waals surface area contributed by atoms with Gasteiger partial charge < -0.3 is 5.73 Å². The third-order valence-electron chi connectivity index (χ3n) is 5.82. The molecule has 2 fully saturated rings. The Labute approximate surface area is 130 Å². The molecular formula is C20H31N. The van der Waals surface area contributed by atoms with Gasteiger partial charge in [-0.25, -0.2) is 0 Å². The maximum absolute atomic E-state index is 6.27. The van der Waals surface area contributed by atoms with Gasteiger partial charge in [-0.1, -0.05) is 45.0 Å². The highest BCUT2D eigenvalue weighted by Crippen LogP contribution is 2.43. The first-order chi connectivity index (χ1) is 9.86. The summed E-state index contributed by atoms with van der Waals surface area (Å²) in [6.45, 7) is 7.19. The van der Waals surface area contributed by atoms with Crippen molar-refractivity contribution in [1.82, 2.24) is 0 Å². The molecule has 1 aromatic rings. The number of hydrogen-bond acceptors (Lipinski definition) is 1. The predicted molar refractivity (Wildman–Crippen MR) is 90.5 cm³/mol. The molecule has 1 nitrogen and oxygen atoms in total. The standard InChI is InChI=1S/C20H31N/c1-19(2,3)18-9-7-16(8-10-18)17-6-4-5-15(13-17)14-20(21)11-12-20/h4-6,13,16,18H,7-12,14,21H2,1-3H3. The molecule has 0 aliphatic heterocycles. The molecule has 1 aromatic carbocycles. The average molecular weight is 285 g/mol. The molecule has 21 heavy (non-hydrogen) atoms. The van der Waals surface area contributed by atoms with E-state index < -0.39 is 0 Å². The molecule has 0 amide bonds. The van der Waals surface area contributed by atoms with E-state index in [1.165, 1.54) is 44.1 Å². The second-order valence-corrected chi connectivity index (χ2v) is 8.70. The van der Waals surface area contributed by atoms with E-state index in [2.05, 4.69) is 45.0 Å². The van der Waals surface area contributed by atoms with Gasteiger partial charge in [0.15, 0.2) is 0 Å². The Morgan fingerprint density at radius 1 is 1.10 bits per heavy atom. The molecule has 0 saturated heterocycles. The Morgan fingerprint density at radius 2 is 1.76 bits per heavy atom. The van der Waals surface area contributed by atoms with Crippen molar-refractivity contribution in [3.05, 3.63) is 35.4 Å². The van der Waals surface area contributed by atoms with Gasteiger partial charge in [-0.05, 0) is 73.3 Å². The van der Waals surface area contributed by atoms with Crippen LogP contribution in [0.2, 0.25) is 0 Å². The minimum atomic E-state index is 0.127. The molecule has 0 aromatic heterocycles. The summed E-state index contributed by atoms with van der Waals surface area (Å²) in [5.74, 6) is 1.67. The monoisotopic (exact) mass is 285 g/mol. The van der Waals surface area contributed by atoms with E-state index in [-0.39, 0.29) is 5.54 Å². The minimum absolute atomic E-state index is 0.127. The maximum atomic E-state index is 6.27. The topological polar surface area (TPSA) is 26.0 Å². The zero-order valence-corrected chi connectivity index (χ0v) is 14.0. The third kappa shape index (κ3) is 3.69. The lowest BCUT2D eigenvalue weighted by Gasteiger charge is -2.37. The van der Waals surface area contributed by atoms with Crippen molar-refractivity contribution in [2.75, 3.05) is 0 Å². The molecule has 116 valence electrons. The summed E-state index contributed by atoms with van der Waals surface area (Å²) in [4.78, 5) is 0. The van der Waals surface area contributed by atoms with Crippen LogP contribution in [0, 0.1) is 11.3 Å². The smallest absolute Gasteiger partial charge is 0.0196 e. The fourth-order valence-corrected chi connectivity index (χ4v) is 3.99. The molecule has 0 spiro atoms. The molecule has 2 aliphatic carbocycles. The Hall–Kier alpha value is -0.820. The van der Waals surface area contributed by atoms with E-state index in [1.807, 2.05) is 0 Å². The highest BCUT2D eigenvalue weighted by Gasteiger charge is 2.38. The summed E-state index contributed by atoms with van der Waals surface area (Å²) in [5, 5.41) is 0. The van der Waals surface area contributed by atoms with Crippen LogP contribution in [-0.2, 0) is 6.42 Å². The van der Waals surface area contributed by atoms with Crippen molar-refractivity contribution in [2.24, 2.45) is 17.1 Å². The molecule has 2 aliphatic rings. The molecule has 0 atom stereocenters. The van der Waals surface area contributed by atoms with Crippen LogP contribution in [0.1, 0.15) is 76.3 Å². The van der Waals surface area contributed by atoms with Gasteiger partial charge in [-0.3, -0.25) is 0 Å². The van der Waals surface area contributed by atoms with Gasteiger partial charge in [0.25, 0.3) is 0 Å². The summed E-state index contributed by atoms with van der Waals surface area (Å²) >= 11 is 0. The molecule has 3 rings (SSSR count). The van der Waals surface area contributed by atoms with Crippen molar-refractivity contribution in [1.29, 1.82) is 0 Å². The van der Waals surface area contributed by atoms with Gasteiger partial charge in [0.1, 0.15) is 0 Å². The molecule has 0 radical (unpaired) electrons. The maximum Gasteiger partial charge on any atom is 0.0196 e.